The Morgan fingerprint density at radius 1 is 1.08 bits per heavy atom. The number of nitrogens with one attached hydrogen (secondary N) is 2. The molecule has 0 atom stereocenters. The molecule has 0 spiro atoms. The average Bonchev–Trinajstić information content (AvgIpc) is 3.28. The Hall–Kier alpha value is -2.60. The third-order valence-corrected chi connectivity index (χ3v) is 5.37. The summed E-state index contributed by atoms with van der Waals surface area (Å²) in [7, 11) is 0. The Labute approximate surface area is 155 Å². The second kappa shape index (κ2) is 6.29. The van der Waals surface area contributed by atoms with Crippen molar-refractivity contribution < 1.29 is 0 Å². The van der Waals surface area contributed by atoms with Gasteiger partial charge < -0.3 is 10.3 Å². The van der Waals surface area contributed by atoms with E-state index >= 15 is 0 Å². The number of fused-ring (bicyclic) bond motifs is 3. The Bertz CT molecular complexity index is 1060. The number of anilines is 1. The molecule has 0 bridgehead atoms. The number of aromatic nitrogens is 5. The van der Waals surface area contributed by atoms with Crippen LogP contribution in [0.2, 0.25) is 5.02 Å². The van der Waals surface area contributed by atoms with Crippen molar-refractivity contribution in [2.75, 3.05) is 5.32 Å². The van der Waals surface area contributed by atoms with Crippen LogP contribution >= 0.6 is 11.6 Å². The molecule has 1 aliphatic rings. The molecule has 3 aromatic heterocycles. The molecule has 0 aliphatic heterocycles. The van der Waals surface area contributed by atoms with Crippen LogP contribution in [-0.2, 0) is 0 Å². The van der Waals surface area contributed by atoms with Crippen LogP contribution in [0.5, 0.6) is 0 Å². The third kappa shape index (κ3) is 2.61. The number of nitrogens with zero attached hydrogens (tertiary/aromatic N) is 4. The molecule has 4 aromatic rings. The lowest BCUT2D eigenvalue weighted by Gasteiger charge is -2.24. The number of rotatable bonds is 3. The first kappa shape index (κ1) is 15.6. The van der Waals surface area contributed by atoms with E-state index in [1.165, 1.54) is 32.1 Å². The van der Waals surface area contributed by atoms with E-state index in [0.29, 0.717) is 11.7 Å². The fourth-order valence-corrected chi connectivity index (χ4v) is 3.90. The summed E-state index contributed by atoms with van der Waals surface area (Å²) in [6.07, 6.45) is 9.70. The Balaban J connectivity index is 1.69. The molecule has 1 aromatic carbocycles. The first-order valence-corrected chi connectivity index (χ1v) is 9.40. The highest BCUT2D eigenvalue weighted by molar-refractivity contribution is 6.30. The predicted molar refractivity (Wildman–Crippen MR) is 104 cm³/mol. The summed E-state index contributed by atoms with van der Waals surface area (Å²) < 4.78 is 2.03. The topological polar surface area (TPSA) is 70.9 Å². The largest absolute Gasteiger partial charge is 0.367 e. The molecule has 0 unspecified atom stereocenters. The van der Waals surface area contributed by atoms with Gasteiger partial charge in [0.1, 0.15) is 23.4 Å². The SMILES string of the molecule is Clc1ccc(-c2nc3c4[nH]cnc4ncn3c2NC2CCCCC2)cc1. The van der Waals surface area contributed by atoms with E-state index in [0.717, 1.165) is 33.3 Å². The van der Waals surface area contributed by atoms with Crippen LogP contribution in [0.15, 0.2) is 36.9 Å². The highest BCUT2D eigenvalue weighted by atomic mass is 35.5. The first-order valence-electron chi connectivity index (χ1n) is 9.02. The van der Waals surface area contributed by atoms with Crippen LogP contribution in [0.25, 0.3) is 28.1 Å². The number of hydrogen-bond donors (Lipinski definition) is 2. The molecule has 0 saturated heterocycles. The van der Waals surface area contributed by atoms with Crippen molar-refractivity contribution in [3.05, 3.63) is 41.9 Å². The zero-order valence-corrected chi connectivity index (χ0v) is 15.0. The van der Waals surface area contributed by atoms with E-state index in [9.17, 15) is 0 Å². The fraction of sp³-hybridized carbons (Fsp3) is 0.316. The average molecular weight is 367 g/mol. The van der Waals surface area contributed by atoms with Gasteiger partial charge in [0.15, 0.2) is 11.3 Å². The van der Waals surface area contributed by atoms with Gasteiger partial charge >= 0.3 is 0 Å². The van der Waals surface area contributed by atoms with Gasteiger partial charge in [-0.2, -0.15) is 0 Å². The van der Waals surface area contributed by atoms with Crippen molar-refractivity contribution >= 4 is 34.2 Å². The molecule has 5 rings (SSSR count). The molecule has 132 valence electrons. The summed E-state index contributed by atoms with van der Waals surface area (Å²) in [5.41, 5.74) is 4.30. The molecule has 1 fully saturated rings. The van der Waals surface area contributed by atoms with Crippen molar-refractivity contribution in [2.45, 2.75) is 38.1 Å². The minimum absolute atomic E-state index is 0.465. The molecular formula is C19H19ClN6. The van der Waals surface area contributed by atoms with Gasteiger partial charge in [-0.1, -0.05) is 43.0 Å². The van der Waals surface area contributed by atoms with Crippen molar-refractivity contribution in [3.8, 4) is 11.3 Å². The number of aromatic amines is 1. The van der Waals surface area contributed by atoms with Crippen molar-refractivity contribution in [2.24, 2.45) is 0 Å². The summed E-state index contributed by atoms with van der Waals surface area (Å²) in [6.45, 7) is 0. The molecule has 26 heavy (non-hydrogen) atoms. The Morgan fingerprint density at radius 3 is 2.69 bits per heavy atom. The molecule has 7 heteroatoms. The smallest absolute Gasteiger partial charge is 0.182 e. The van der Waals surface area contributed by atoms with Gasteiger partial charge in [0.05, 0.1) is 6.33 Å². The van der Waals surface area contributed by atoms with E-state index in [1.807, 2.05) is 28.7 Å². The van der Waals surface area contributed by atoms with Crippen LogP contribution in [-0.4, -0.2) is 30.4 Å². The van der Waals surface area contributed by atoms with Gasteiger partial charge in [-0.3, -0.25) is 4.40 Å². The van der Waals surface area contributed by atoms with Gasteiger partial charge in [0.25, 0.3) is 0 Å². The van der Waals surface area contributed by atoms with E-state index < -0.39 is 0 Å². The summed E-state index contributed by atoms with van der Waals surface area (Å²) in [6, 6.07) is 8.28. The third-order valence-electron chi connectivity index (χ3n) is 5.11. The number of benzene rings is 1. The molecule has 1 aliphatic carbocycles. The summed E-state index contributed by atoms with van der Waals surface area (Å²) >= 11 is 6.07. The first-order chi connectivity index (χ1) is 12.8. The maximum atomic E-state index is 6.07. The molecule has 0 radical (unpaired) electrons. The number of imidazole rings is 2. The predicted octanol–water partition coefficient (Wildman–Crippen LogP) is 4.67. The molecule has 2 N–H and O–H groups in total. The number of halogens is 1. The zero-order valence-electron chi connectivity index (χ0n) is 14.2. The monoisotopic (exact) mass is 366 g/mol. The summed E-state index contributed by atoms with van der Waals surface area (Å²) in [5, 5.41) is 4.46. The van der Waals surface area contributed by atoms with Crippen molar-refractivity contribution in [1.82, 2.24) is 24.3 Å². The zero-order chi connectivity index (χ0) is 17.5. The highest BCUT2D eigenvalue weighted by Crippen LogP contribution is 2.33. The van der Waals surface area contributed by atoms with Gasteiger partial charge in [0, 0.05) is 16.6 Å². The van der Waals surface area contributed by atoms with Crippen molar-refractivity contribution in [3.63, 3.8) is 0 Å². The van der Waals surface area contributed by atoms with E-state index in [2.05, 4.69) is 20.3 Å². The van der Waals surface area contributed by atoms with Gasteiger partial charge in [-0.15, -0.1) is 0 Å². The maximum Gasteiger partial charge on any atom is 0.182 e. The highest BCUT2D eigenvalue weighted by Gasteiger charge is 2.21. The lowest BCUT2D eigenvalue weighted by molar-refractivity contribution is 0.461. The molecular weight excluding hydrogens is 348 g/mol. The standard InChI is InChI=1S/C19H19ClN6/c20-13-8-6-12(7-9-13)15-18(24-14-4-2-1-3-5-14)26-11-23-17-16(19(26)25-15)21-10-22-17/h6-11,14,24H,1-5H2,(H,21,22). The van der Waals surface area contributed by atoms with Crippen LogP contribution in [0.3, 0.4) is 0 Å². The van der Waals surface area contributed by atoms with E-state index in [-0.39, 0.29) is 0 Å². The quantitative estimate of drug-likeness (QED) is 0.552. The van der Waals surface area contributed by atoms with Crippen LogP contribution < -0.4 is 5.32 Å². The van der Waals surface area contributed by atoms with Crippen LogP contribution in [0, 0.1) is 0 Å². The minimum atomic E-state index is 0.465. The molecule has 1 saturated carbocycles. The maximum absolute atomic E-state index is 6.07. The summed E-state index contributed by atoms with van der Waals surface area (Å²) in [4.78, 5) is 16.8. The fourth-order valence-electron chi connectivity index (χ4n) is 3.77. The number of H-pyrrole nitrogens is 1. The second-order valence-corrected chi connectivity index (χ2v) is 7.27. The number of hydrogen-bond acceptors (Lipinski definition) is 4. The Kier molecular flexibility index (Phi) is 3.78. The summed E-state index contributed by atoms with van der Waals surface area (Å²) in [5.74, 6) is 0.984. The lowest BCUT2D eigenvalue weighted by atomic mass is 9.95. The Morgan fingerprint density at radius 2 is 1.88 bits per heavy atom. The van der Waals surface area contributed by atoms with E-state index in [1.54, 1.807) is 12.7 Å². The molecule has 0 amide bonds. The van der Waals surface area contributed by atoms with Gasteiger partial charge in [0.2, 0.25) is 0 Å². The van der Waals surface area contributed by atoms with Gasteiger partial charge in [-0.05, 0) is 25.0 Å². The van der Waals surface area contributed by atoms with E-state index in [4.69, 9.17) is 16.6 Å². The second-order valence-electron chi connectivity index (χ2n) is 6.83. The normalized spacial score (nSPS) is 15.7. The van der Waals surface area contributed by atoms with Crippen LogP contribution in [0.4, 0.5) is 5.82 Å². The minimum Gasteiger partial charge on any atom is -0.367 e. The molecule has 3 heterocycles. The lowest BCUT2D eigenvalue weighted by Crippen LogP contribution is -2.23. The van der Waals surface area contributed by atoms with Crippen molar-refractivity contribution in [1.29, 1.82) is 0 Å². The molecule has 6 nitrogen and oxygen atoms in total. The van der Waals surface area contributed by atoms with Gasteiger partial charge in [-0.25, -0.2) is 15.0 Å². The van der Waals surface area contributed by atoms with Crippen LogP contribution in [0.1, 0.15) is 32.1 Å².